The van der Waals surface area contributed by atoms with Gasteiger partial charge in [-0.05, 0) is 12.8 Å². The van der Waals surface area contributed by atoms with E-state index in [0.29, 0.717) is 19.5 Å². The lowest BCUT2D eigenvalue weighted by Crippen LogP contribution is -2.53. The van der Waals surface area contributed by atoms with E-state index in [4.69, 9.17) is 5.11 Å². The van der Waals surface area contributed by atoms with Gasteiger partial charge in [0.25, 0.3) is 0 Å². The topological polar surface area (TPSA) is 116 Å². The molecule has 2 heterocycles. The number of carboxylic acids is 1. The third-order valence-corrected chi connectivity index (χ3v) is 3.67. The lowest BCUT2D eigenvalue weighted by molar-refractivity contribution is -0.138. The lowest BCUT2D eigenvalue weighted by atomic mass is 9.92. The molecule has 0 spiro atoms. The molecule has 2 aliphatic heterocycles. The molecule has 2 rings (SSSR count). The summed E-state index contributed by atoms with van der Waals surface area (Å²) in [5, 5.41) is 13.4. The number of fused-ring (bicyclic) bond motifs is 1. The molecular formula is C12H17N3O5. The molecule has 2 fully saturated rings. The second-order valence-electron chi connectivity index (χ2n) is 5.00. The molecule has 0 aromatic rings. The van der Waals surface area contributed by atoms with Crippen molar-refractivity contribution >= 4 is 23.8 Å². The van der Waals surface area contributed by atoms with Gasteiger partial charge in [-0.2, -0.15) is 0 Å². The van der Waals surface area contributed by atoms with E-state index >= 15 is 0 Å². The van der Waals surface area contributed by atoms with Crippen LogP contribution in [0.25, 0.3) is 0 Å². The molecule has 2 aliphatic rings. The minimum atomic E-state index is -1.09. The van der Waals surface area contributed by atoms with E-state index in [2.05, 4.69) is 10.6 Å². The molecule has 0 saturated carbocycles. The average Bonchev–Trinajstić information content (AvgIpc) is 2.78. The number of urea groups is 1. The molecule has 2 atom stereocenters. The summed E-state index contributed by atoms with van der Waals surface area (Å²) in [6, 6.07) is -0.768. The number of nitrogens with one attached hydrogen (secondary N) is 2. The van der Waals surface area contributed by atoms with Crippen LogP contribution in [-0.4, -0.2) is 53.0 Å². The fourth-order valence-corrected chi connectivity index (χ4v) is 2.68. The van der Waals surface area contributed by atoms with Crippen molar-refractivity contribution in [3.8, 4) is 0 Å². The summed E-state index contributed by atoms with van der Waals surface area (Å²) in [6.45, 7) is 0.897. The summed E-state index contributed by atoms with van der Waals surface area (Å²) < 4.78 is 0. The number of nitrogens with zero attached hydrogens (tertiary/aromatic N) is 1. The second-order valence-corrected chi connectivity index (χ2v) is 5.00. The number of carboxylic acid groups (broad SMARTS) is 1. The maximum Gasteiger partial charge on any atom is 0.324 e. The van der Waals surface area contributed by atoms with E-state index in [1.165, 1.54) is 4.90 Å². The van der Waals surface area contributed by atoms with E-state index in [1.807, 2.05) is 0 Å². The fourth-order valence-electron chi connectivity index (χ4n) is 2.68. The largest absolute Gasteiger partial charge is 0.481 e. The van der Waals surface area contributed by atoms with Gasteiger partial charge in [0.1, 0.15) is 0 Å². The minimum Gasteiger partial charge on any atom is -0.481 e. The van der Waals surface area contributed by atoms with Crippen molar-refractivity contribution in [2.75, 3.05) is 13.1 Å². The van der Waals surface area contributed by atoms with Gasteiger partial charge in [0, 0.05) is 19.5 Å². The summed E-state index contributed by atoms with van der Waals surface area (Å²) in [6.07, 6.45) is 0.907. The van der Waals surface area contributed by atoms with E-state index in [-0.39, 0.29) is 30.7 Å². The SMILES string of the molecule is O=C(O)CCC(=O)NC(=O)N1CCCC2C(=O)NCC21. The summed E-state index contributed by atoms with van der Waals surface area (Å²) in [5.41, 5.74) is 0. The molecule has 0 radical (unpaired) electrons. The first kappa shape index (κ1) is 14.3. The van der Waals surface area contributed by atoms with Crippen LogP contribution in [0.5, 0.6) is 0 Å². The number of likely N-dealkylation sites (tertiary alicyclic amines) is 1. The van der Waals surface area contributed by atoms with Gasteiger partial charge < -0.3 is 15.3 Å². The number of hydrogen-bond donors (Lipinski definition) is 3. The molecule has 0 aromatic carbocycles. The third-order valence-electron chi connectivity index (χ3n) is 3.67. The Morgan fingerprint density at radius 2 is 2.10 bits per heavy atom. The van der Waals surface area contributed by atoms with Crippen LogP contribution in [0.15, 0.2) is 0 Å². The molecule has 2 unspecified atom stereocenters. The van der Waals surface area contributed by atoms with Crippen LogP contribution >= 0.6 is 0 Å². The Hall–Kier alpha value is -2.12. The fraction of sp³-hybridized carbons (Fsp3) is 0.667. The number of amides is 4. The molecule has 8 heteroatoms. The monoisotopic (exact) mass is 283 g/mol. The highest BCUT2D eigenvalue weighted by atomic mass is 16.4. The zero-order valence-electron chi connectivity index (χ0n) is 10.9. The molecule has 20 heavy (non-hydrogen) atoms. The number of piperidine rings is 1. The highest BCUT2D eigenvalue weighted by Gasteiger charge is 2.42. The third kappa shape index (κ3) is 3.06. The Balaban J connectivity index is 1.90. The van der Waals surface area contributed by atoms with Crippen molar-refractivity contribution in [2.24, 2.45) is 5.92 Å². The van der Waals surface area contributed by atoms with E-state index in [1.54, 1.807) is 0 Å². The molecule has 0 aliphatic carbocycles. The zero-order chi connectivity index (χ0) is 14.7. The number of rotatable bonds is 3. The van der Waals surface area contributed by atoms with Crippen LogP contribution in [0, 0.1) is 5.92 Å². The molecule has 0 bridgehead atoms. The van der Waals surface area contributed by atoms with E-state index < -0.39 is 17.9 Å². The van der Waals surface area contributed by atoms with E-state index in [9.17, 15) is 19.2 Å². The van der Waals surface area contributed by atoms with E-state index in [0.717, 1.165) is 6.42 Å². The van der Waals surface area contributed by atoms with Crippen LogP contribution in [0.4, 0.5) is 4.79 Å². The van der Waals surface area contributed by atoms with Crippen molar-refractivity contribution in [2.45, 2.75) is 31.7 Å². The quantitative estimate of drug-likeness (QED) is 0.633. The average molecular weight is 283 g/mol. The number of hydrogen-bond acceptors (Lipinski definition) is 4. The number of imide groups is 1. The van der Waals surface area contributed by atoms with Gasteiger partial charge in [-0.25, -0.2) is 4.79 Å². The predicted molar refractivity (Wildman–Crippen MR) is 66.6 cm³/mol. The van der Waals surface area contributed by atoms with Crippen LogP contribution < -0.4 is 10.6 Å². The molecule has 4 amide bonds. The first-order chi connectivity index (χ1) is 9.49. The smallest absolute Gasteiger partial charge is 0.324 e. The Kier molecular flexibility index (Phi) is 4.21. The lowest BCUT2D eigenvalue weighted by Gasteiger charge is -2.35. The van der Waals surface area contributed by atoms with Gasteiger partial charge in [-0.1, -0.05) is 0 Å². The predicted octanol–water partition coefficient (Wildman–Crippen LogP) is -0.702. The van der Waals surface area contributed by atoms with Gasteiger partial charge in [-0.15, -0.1) is 0 Å². The summed E-state index contributed by atoms with van der Waals surface area (Å²) in [5.74, 6) is -1.96. The van der Waals surface area contributed by atoms with Crippen LogP contribution in [0.1, 0.15) is 25.7 Å². The Bertz CT molecular complexity index is 450. The maximum absolute atomic E-state index is 12.0. The summed E-state index contributed by atoms with van der Waals surface area (Å²) in [7, 11) is 0. The van der Waals surface area contributed by atoms with Crippen molar-refractivity contribution in [3.63, 3.8) is 0 Å². The van der Waals surface area contributed by atoms with Gasteiger partial charge in [-0.3, -0.25) is 19.7 Å². The van der Waals surface area contributed by atoms with Crippen molar-refractivity contribution < 1.29 is 24.3 Å². The summed E-state index contributed by atoms with van der Waals surface area (Å²) in [4.78, 5) is 46.9. The Morgan fingerprint density at radius 1 is 1.35 bits per heavy atom. The molecule has 110 valence electrons. The summed E-state index contributed by atoms with van der Waals surface area (Å²) >= 11 is 0. The van der Waals surface area contributed by atoms with Crippen molar-refractivity contribution in [3.05, 3.63) is 0 Å². The second kappa shape index (κ2) is 5.89. The Morgan fingerprint density at radius 3 is 2.80 bits per heavy atom. The zero-order valence-corrected chi connectivity index (χ0v) is 10.9. The van der Waals surface area contributed by atoms with Gasteiger partial charge in [0.2, 0.25) is 11.8 Å². The molecule has 0 aromatic heterocycles. The Labute approximate surface area is 115 Å². The molecule has 2 saturated heterocycles. The first-order valence-electron chi connectivity index (χ1n) is 6.59. The normalized spacial score (nSPS) is 24.8. The van der Waals surface area contributed by atoms with Crippen molar-refractivity contribution in [1.29, 1.82) is 0 Å². The van der Waals surface area contributed by atoms with Crippen LogP contribution in [0.3, 0.4) is 0 Å². The number of carbonyl (C=O) groups is 4. The highest BCUT2D eigenvalue weighted by molar-refractivity contribution is 5.96. The first-order valence-corrected chi connectivity index (χ1v) is 6.59. The molecular weight excluding hydrogens is 266 g/mol. The highest BCUT2D eigenvalue weighted by Crippen LogP contribution is 2.27. The van der Waals surface area contributed by atoms with Gasteiger partial charge in [0.05, 0.1) is 18.4 Å². The number of aliphatic carboxylic acids is 1. The molecule has 3 N–H and O–H groups in total. The molecule has 8 nitrogen and oxygen atoms in total. The standard InChI is InChI=1S/C12H17N3O5/c16-9(3-4-10(17)18)14-12(20)15-5-1-2-7-8(15)6-13-11(7)19/h7-8H,1-6H2,(H,13,19)(H,17,18)(H,14,16,20). The van der Waals surface area contributed by atoms with Crippen LogP contribution in [-0.2, 0) is 14.4 Å². The van der Waals surface area contributed by atoms with Gasteiger partial charge in [0.15, 0.2) is 0 Å². The maximum atomic E-state index is 12.0. The van der Waals surface area contributed by atoms with Crippen molar-refractivity contribution in [1.82, 2.24) is 15.5 Å². The number of carbonyl (C=O) groups excluding carboxylic acids is 3. The van der Waals surface area contributed by atoms with Crippen LogP contribution in [0.2, 0.25) is 0 Å². The minimum absolute atomic E-state index is 0.0512. The van der Waals surface area contributed by atoms with Gasteiger partial charge >= 0.3 is 12.0 Å².